The molecule has 0 bridgehead atoms. The van der Waals surface area contributed by atoms with E-state index >= 15 is 0 Å². The predicted octanol–water partition coefficient (Wildman–Crippen LogP) is 4.76. The summed E-state index contributed by atoms with van der Waals surface area (Å²) >= 11 is 2.79. The number of anilines is 2. The summed E-state index contributed by atoms with van der Waals surface area (Å²) in [7, 11) is 1.58. The van der Waals surface area contributed by atoms with E-state index < -0.39 is 0 Å². The number of aromatic nitrogens is 1. The van der Waals surface area contributed by atoms with Gasteiger partial charge in [-0.05, 0) is 42.5 Å². The molecule has 1 fully saturated rings. The zero-order valence-electron chi connectivity index (χ0n) is 21.1. The Hall–Kier alpha value is -3.93. The van der Waals surface area contributed by atoms with Gasteiger partial charge in [0.25, 0.3) is 11.8 Å². The number of fused-ring (bicyclic) bond motifs is 1. The number of thioether (sulfide) groups is 1. The zero-order valence-corrected chi connectivity index (χ0v) is 22.8. The smallest absolute Gasteiger partial charge is 0.256 e. The van der Waals surface area contributed by atoms with Crippen molar-refractivity contribution in [3.63, 3.8) is 0 Å². The number of hydrogen-bond donors (Lipinski definition) is 2. The zero-order chi connectivity index (χ0) is 27.2. The average molecular weight is 563 g/mol. The molecule has 0 radical (unpaired) electrons. The van der Waals surface area contributed by atoms with Crippen molar-refractivity contribution in [3.05, 3.63) is 77.9 Å². The van der Waals surface area contributed by atoms with Crippen molar-refractivity contribution < 1.29 is 23.9 Å². The highest BCUT2D eigenvalue weighted by Gasteiger charge is 2.23. The van der Waals surface area contributed by atoms with E-state index in [1.807, 2.05) is 24.3 Å². The Morgan fingerprint density at radius 1 is 0.974 bits per heavy atom. The fourth-order valence-corrected chi connectivity index (χ4v) is 5.98. The summed E-state index contributed by atoms with van der Waals surface area (Å²) in [6.45, 7) is 1.98. The number of morpholine rings is 1. The summed E-state index contributed by atoms with van der Waals surface area (Å²) < 4.78 is 12.1. The lowest BCUT2D eigenvalue weighted by molar-refractivity contribution is -0.113. The van der Waals surface area contributed by atoms with Crippen molar-refractivity contribution in [1.82, 2.24) is 9.88 Å². The van der Waals surface area contributed by atoms with E-state index in [-0.39, 0.29) is 23.5 Å². The first kappa shape index (κ1) is 26.7. The Labute approximate surface area is 233 Å². The van der Waals surface area contributed by atoms with E-state index in [0.29, 0.717) is 54.6 Å². The number of carbonyl (C=O) groups excluding carboxylic acids is 3. The van der Waals surface area contributed by atoms with Crippen LogP contribution in [0.2, 0.25) is 0 Å². The Morgan fingerprint density at radius 2 is 1.74 bits per heavy atom. The number of amides is 3. The number of nitrogens with one attached hydrogen (secondary N) is 2. The quantitative estimate of drug-likeness (QED) is 0.298. The van der Waals surface area contributed by atoms with Crippen LogP contribution in [0, 0.1) is 0 Å². The van der Waals surface area contributed by atoms with Gasteiger partial charge in [-0.15, -0.1) is 11.3 Å². The molecule has 0 unspecified atom stereocenters. The molecule has 0 spiro atoms. The van der Waals surface area contributed by atoms with E-state index in [1.54, 1.807) is 54.5 Å². The molecular weight excluding hydrogens is 536 g/mol. The van der Waals surface area contributed by atoms with Gasteiger partial charge in [-0.25, -0.2) is 4.98 Å². The van der Waals surface area contributed by atoms with Crippen LogP contribution < -0.4 is 15.4 Å². The highest BCUT2D eigenvalue weighted by atomic mass is 32.2. The molecule has 1 aliphatic heterocycles. The first-order valence-electron chi connectivity index (χ1n) is 12.2. The normalized spacial score (nSPS) is 13.2. The van der Waals surface area contributed by atoms with E-state index in [1.165, 1.54) is 23.1 Å². The second kappa shape index (κ2) is 12.3. The van der Waals surface area contributed by atoms with Crippen molar-refractivity contribution in [2.45, 2.75) is 4.34 Å². The third kappa shape index (κ3) is 6.56. The topological polar surface area (TPSA) is 110 Å². The summed E-state index contributed by atoms with van der Waals surface area (Å²) in [5, 5.41) is 5.76. The van der Waals surface area contributed by atoms with Crippen molar-refractivity contribution in [2.75, 3.05) is 49.8 Å². The van der Waals surface area contributed by atoms with Crippen molar-refractivity contribution >= 4 is 62.4 Å². The Balaban J connectivity index is 1.23. The Morgan fingerprint density at radius 3 is 2.54 bits per heavy atom. The maximum Gasteiger partial charge on any atom is 0.256 e. The molecule has 3 aromatic carbocycles. The average Bonchev–Trinajstić information content (AvgIpc) is 3.38. The lowest BCUT2D eigenvalue weighted by atomic mass is 10.0. The number of carbonyl (C=O) groups is 3. The molecule has 11 heteroatoms. The van der Waals surface area contributed by atoms with Crippen LogP contribution in [0.15, 0.2) is 71.1 Å². The maximum absolute atomic E-state index is 13.2. The van der Waals surface area contributed by atoms with Crippen LogP contribution >= 0.6 is 23.1 Å². The molecule has 200 valence electrons. The number of ether oxygens (including phenoxy) is 2. The van der Waals surface area contributed by atoms with E-state index in [2.05, 4.69) is 15.6 Å². The van der Waals surface area contributed by atoms with Gasteiger partial charge in [-0.3, -0.25) is 14.4 Å². The molecule has 39 heavy (non-hydrogen) atoms. The SMILES string of the molecule is COc1cccc(NC(=O)CSc2nc3ccc(NC(=O)c4ccccc4C(=O)N4CCOCC4)cc3s2)c1. The van der Waals surface area contributed by atoms with Crippen molar-refractivity contribution in [1.29, 1.82) is 0 Å². The lowest BCUT2D eigenvalue weighted by Gasteiger charge is -2.27. The van der Waals surface area contributed by atoms with E-state index in [4.69, 9.17) is 9.47 Å². The fourth-order valence-electron chi connectivity index (χ4n) is 4.07. The molecule has 0 atom stereocenters. The van der Waals surface area contributed by atoms with E-state index in [0.717, 1.165) is 14.6 Å². The number of nitrogens with zero attached hydrogens (tertiary/aromatic N) is 2. The van der Waals surface area contributed by atoms with Gasteiger partial charge in [0.2, 0.25) is 5.91 Å². The van der Waals surface area contributed by atoms with Crippen LogP contribution in [-0.2, 0) is 9.53 Å². The van der Waals surface area contributed by atoms with Gasteiger partial charge in [-0.2, -0.15) is 0 Å². The van der Waals surface area contributed by atoms with Crippen LogP contribution in [0.3, 0.4) is 0 Å². The highest BCUT2D eigenvalue weighted by Crippen LogP contribution is 2.31. The largest absolute Gasteiger partial charge is 0.497 e. The first-order valence-corrected chi connectivity index (χ1v) is 14.0. The summed E-state index contributed by atoms with van der Waals surface area (Å²) in [4.78, 5) is 44.9. The number of rotatable bonds is 8. The molecular formula is C28H26N4O5S2. The minimum Gasteiger partial charge on any atom is -0.497 e. The molecule has 1 aromatic heterocycles. The minimum atomic E-state index is -0.361. The summed E-state index contributed by atoms with van der Waals surface area (Å²) in [5.41, 5.74) is 2.71. The van der Waals surface area contributed by atoms with Gasteiger partial charge < -0.3 is 25.0 Å². The third-order valence-electron chi connectivity index (χ3n) is 6.01. The van der Waals surface area contributed by atoms with Crippen LogP contribution in [0.4, 0.5) is 11.4 Å². The van der Waals surface area contributed by atoms with Gasteiger partial charge in [0.05, 0.1) is 47.4 Å². The molecule has 3 amide bonds. The minimum absolute atomic E-state index is 0.147. The van der Waals surface area contributed by atoms with Gasteiger partial charge in [0.1, 0.15) is 5.75 Å². The van der Waals surface area contributed by atoms with E-state index in [9.17, 15) is 14.4 Å². The maximum atomic E-state index is 13.2. The second-order valence-corrected chi connectivity index (χ2v) is 10.9. The highest BCUT2D eigenvalue weighted by molar-refractivity contribution is 8.01. The molecule has 0 aliphatic carbocycles. The lowest BCUT2D eigenvalue weighted by Crippen LogP contribution is -2.41. The van der Waals surface area contributed by atoms with Crippen molar-refractivity contribution in [2.24, 2.45) is 0 Å². The summed E-state index contributed by atoms with van der Waals surface area (Å²) in [6.07, 6.45) is 0. The van der Waals surface area contributed by atoms with Crippen LogP contribution in [0.1, 0.15) is 20.7 Å². The van der Waals surface area contributed by atoms with Gasteiger partial charge in [-0.1, -0.05) is 30.0 Å². The third-order valence-corrected chi connectivity index (χ3v) is 8.17. The Kier molecular flexibility index (Phi) is 8.40. The molecule has 1 aliphatic rings. The molecule has 2 N–H and O–H groups in total. The van der Waals surface area contributed by atoms with Crippen molar-refractivity contribution in [3.8, 4) is 5.75 Å². The van der Waals surface area contributed by atoms with Gasteiger partial charge in [0, 0.05) is 30.5 Å². The number of hydrogen-bond acceptors (Lipinski definition) is 8. The molecule has 5 rings (SSSR count). The first-order chi connectivity index (χ1) is 19.0. The Bertz CT molecular complexity index is 1520. The van der Waals surface area contributed by atoms with Gasteiger partial charge >= 0.3 is 0 Å². The molecule has 4 aromatic rings. The predicted molar refractivity (Wildman–Crippen MR) is 153 cm³/mol. The van der Waals surface area contributed by atoms with Crippen LogP contribution in [0.5, 0.6) is 5.75 Å². The summed E-state index contributed by atoms with van der Waals surface area (Å²) in [6, 6.07) is 19.4. The molecule has 0 saturated carbocycles. The molecule has 9 nitrogen and oxygen atoms in total. The molecule has 1 saturated heterocycles. The number of thiazole rings is 1. The second-order valence-electron chi connectivity index (χ2n) is 8.64. The monoisotopic (exact) mass is 562 g/mol. The number of methoxy groups -OCH3 is 1. The standard InChI is InChI=1S/C28H26N4O5S2/c1-36-20-6-4-5-18(15-20)29-25(33)17-38-28-31-23-10-9-19(16-24(23)39-28)30-26(34)21-7-2-3-8-22(21)27(35)32-11-13-37-14-12-32/h2-10,15-16H,11-14,17H2,1H3,(H,29,33)(H,30,34). The van der Waals surface area contributed by atoms with Crippen LogP contribution in [-0.4, -0.2) is 66.8 Å². The molecule has 2 heterocycles. The summed E-state index contributed by atoms with van der Waals surface area (Å²) in [5.74, 6) is 0.181. The fraction of sp³-hybridized carbons (Fsp3) is 0.214. The van der Waals surface area contributed by atoms with Gasteiger partial charge in [0.15, 0.2) is 4.34 Å². The van der Waals surface area contributed by atoms with Crippen LogP contribution in [0.25, 0.3) is 10.2 Å². The number of benzene rings is 3.